The lowest BCUT2D eigenvalue weighted by Crippen LogP contribution is -2.41. The van der Waals surface area contributed by atoms with Crippen LogP contribution in [0.3, 0.4) is 0 Å². The number of hydrogen-bond acceptors (Lipinski definition) is 5. The van der Waals surface area contributed by atoms with Gasteiger partial charge in [-0.15, -0.1) is 0 Å². The molecular weight excluding hydrogens is 382 g/mol. The summed E-state index contributed by atoms with van der Waals surface area (Å²) in [5.74, 6) is 0.547. The normalized spacial score (nSPS) is 19.3. The third-order valence-electron chi connectivity index (χ3n) is 6.66. The predicted octanol–water partition coefficient (Wildman–Crippen LogP) is 2.13. The van der Waals surface area contributed by atoms with Crippen LogP contribution in [0.4, 0.5) is 0 Å². The molecule has 8 nitrogen and oxygen atoms in total. The van der Waals surface area contributed by atoms with E-state index in [2.05, 4.69) is 15.3 Å². The van der Waals surface area contributed by atoms with E-state index in [1.54, 1.807) is 12.5 Å². The van der Waals surface area contributed by atoms with Gasteiger partial charge in [0.1, 0.15) is 6.33 Å². The van der Waals surface area contributed by atoms with Gasteiger partial charge in [0.2, 0.25) is 5.91 Å². The standard InChI is InChI=1S/C22H31N5O3/c1-2-17(13-28)25-21(29)19-20-23-10-7-18(27(20)14-24-19)15-8-11-26(12-9-15)22(30)16-5-3-4-6-16/h7,10,14-17,28H,2-6,8-9,11-13H2,1H3,(H,25,29)/t17-/m1/s1. The number of aliphatic hydroxyl groups excluding tert-OH is 1. The smallest absolute Gasteiger partial charge is 0.274 e. The zero-order valence-corrected chi connectivity index (χ0v) is 17.6. The van der Waals surface area contributed by atoms with E-state index in [4.69, 9.17) is 0 Å². The number of carbonyl (C=O) groups excluding carboxylic acids is 2. The van der Waals surface area contributed by atoms with Crippen LogP contribution in [0.2, 0.25) is 0 Å². The van der Waals surface area contributed by atoms with Crippen molar-refractivity contribution < 1.29 is 14.7 Å². The number of rotatable bonds is 6. The Balaban J connectivity index is 1.47. The number of hydrogen-bond donors (Lipinski definition) is 2. The largest absolute Gasteiger partial charge is 0.394 e. The minimum Gasteiger partial charge on any atom is -0.394 e. The number of fused-ring (bicyclic) bond motifs is 1. The molecule has 162 valence electrons. The molecule has 1 saturated carbocycles. The summed E-state index contributed by atoms with van der Waals surface area (Å²) in [6.45, 7) is 3.36. The van der Waals surface area contributed by atoms with E-state index in [-0.39, 0.29) is 30.2 Å². The number of aromatic nitrogens is 3. The Morgan fingerprint density at radius 3 is 2.60 bits per heavy atom. The fourth-order valence-corrected chi connectivity index (χ4v) is 4.77. The van der Waals surface area contributed by atoms with E-state index in [0.29, 0.717) is 23.9 Å². The quantitative estimate of drug-likeness (QED) is 0.756. The zero-order chi connectivity index (χ0) is 21.1. The van der Waals surface area contributed by atoms with Crippen LogP contribution >= 0.6 is 0 Å². The van der Waals surface area contributed by atoms with Crippen LogP contribution < -0.4 is 5.32 Å². The lowest BCUT2D eigenvalue weighted by atomic mass is 9.92. The van der Waals surface area contributed by atoms with Crippen LogP contribution in [-0.2, 0) is 4.79 Å². The molecule has 4 rings (SSSR count). The maximum atomic E-state index is 12.7. The molecule has 2 N–H and O–H groups in total. The van der Waals surface area contributed by atoms with Crippen molar-refractivity contribution >= 4 is 17.5 Å². The van der Waals surface area contributed by atoms with E-state index >= 15 is 0 Å². The Morgan fingerprint density at radius 1 is 1.20 bits per heavy atom. The first kappa shape index (κ1) is 20.8. The maximum Gasteiger partial charge on any atom is 0.274 e. The molecule has 1 aliphatic carbocycles. The summed E-state index contributed by atoms with van der Waals surface area (Å²) in [5.41, 5.74) is 1.88. The lowest BCUT2D eigenvalue weighted by Gasteiger charge is -2.34. The van der Waals surface area contributed by atoms with Gasteiger partial charge in [-0.3, -0.25) is 14.0 Å². The SMILES string of the molecule is CC[C@H](CO)NC(=O)c1ncn2c(C3CCN(C(=O)C4CCCC4)CC3)ccnc12. The van der Waals surface area contributed by atoms with Gasteiger partial charge in [0, 0.05) is 36.8 Å². The molecule has 3 heterocycles. The fraction of sp³-hybridized carbons (Fsp3) is 0.636. The summed E-state index contributed by atoms with van der Waals surface area (Å²) in [6.07, 6.45) is 10.3. The Kier molecular flexibility index (Phi) is 6.32. The first-order chi connectivity index (χ1) is 14.6. The molecule has 2 aliphatic rings. The summed E-state index contributed by atoms with van der Waals surface area (Å²) >= 11 is 0. The number of likely N-dealkylation sites (tertiary alicyclic amines) is 1. The minimum atomic E-state index is -0.319. The van der Waals surface area contributed by atoms with E-state index in [9.17, 15) is 14.7 Å². The highest BCUT2D eigenvalue weighted by Crippen LogP contribution is 2.32. The molecule has 1 atom stereocenters. The van der Waals surface area contributed by atoms with E-state index in [1.807, 2.05) is 22.3 Å². The van der Waals surface area contributed by atoms with Crippen molar-refractivity contribution in [1.82, 2.24) is 24.6 Å². The van der Waals surface area contributed by atoms with E-state index in [1.165, 1.54) is 12.8 Å². The Labute approximate surface area is 176 Å². The van der Waals surface area contributed by atoms with Crippen molar-refractivity contribution in [1.29, 1.82) is 0 Å². The topological polar surface area (TPSA) is 99.8 Å². The zero-order valence-electron chi connectivity index (χ0n) is 17.6. The third kappa shape index (κ3) is 4.05. The highest BCUT2D eigenvalue weighted by molar-refractivity contribution is 5.98. The average Bonchev–Trinajstić information content (AvgIpc) is 3.47. The summed E-state index contributed by atoms with van der Waals surface area (Å²) in [5, 5.41) is 12.2. The van der Waals surface area contributed by atoms with Gasteiger partial charge < -0.3 is 15.3 Å². The molecule has 2 amide bonds. The highest BCUT2D eigenvalue weighted by atomic mass is 16.3. The molecule has 2 aromatic rings. The highest BCUT2D eigenvalue weighted by Gasteiger charge is 2.31. The van der Waals surface area contributed by atoms with Gasteiger partial charge in [0.15, 0.2) is 11.3 Å². The Morgan fingerprint density at radius 2 is 1.93 bits per heavy atom. The monoisotopic (exact) mass is 413 g/mol. The number of nitrogens with one attached hydrogen (secondary N) is 1. The van der Waals surface area contributed by atoms with Crippen LogP contribution in [0, 0.1) is 5.92 Å². The average molecular weight is 414 g/mol. The number of nitrogens with zero attached hydrogens (tertiary/aromatic N) is 4. The van der Waals surface area contributed by atoms with Gasteiger partial charge in [-0.1, -0.05) is 19.8 Å². The van der Waals surface area contributed by atoms with Crippen LogP contribution in [0.25, 0.3) is 5.65 Å². The van der Waals surface area contributed by atoms with Crippen LogP contribution in [0.1, 0.15) is 74.0 Å². The van der Waals surface area contributed by atoms with Gasteiger partial charge in [0.05, 0.1) is 12.6 Å². The maximum absolute atomic E-state index is 12.7. The minimum absolute atomic E-state index is 0.106. The third-order valence-corrected chi connectivity index (χ3v) is 6.66. The van der Waals surface area contributed by atoms with Gasteiger partial charge in [-0.25, -0.2) is 9.97 Å². The molecule has 0 aromatic carbocycles. The predicted molar refractivity (Wildman–Crippen MR) is 112 cm³/mol. The molecule has 1 aliphatic heterocycles. The molecule has 8 heteroatoms. The van der Waals surface area contributed by atoms with Gasteiger partial charge in [-0.05, 0) is 38.2 Å². The van der Waals surface area contributed by atoms with Crippen molar-refractivity contribution in [2.75, 3.05) is 19.7 Å². The van der Waals surface area contributed by atoms with Crippen molar-refractivity contribution in [3.05, 3.63) is 30.0 Å². The molecule has 2 fully saturated rings. The van der Waals surface area contributed by atoms with E-state index < -0.39 is 0 Å². The van der Waals surface area contributed by atoms with Crippen LogP contribution in [0.15, 0.2) is 18.6 Å². The van der Waals surface area contributed by atoms with Crippen molar-refractivity contribution in [2.24, 2.45) is 5.92 Å². The molecule has 0 bridgehead atoms. The summed E-state index contributed by atoms with van der Waals surface area (Å²) in [4.78, 5) is 36.0. The number of amides is 2. The first-order valence-corrected chi connectivity index (χ1v) is 11.1. The summed E-state index contributed by atoms with van der Waals surface area (Å²) in [6, 6.07) is 1.69. The molecule has 2 aromatic heterocycles. The van der Waals surface area contributed by atoms with Crippen molar-refractivity contribution in [3.63, 3.8) is 0 Å². The van der Waals surface area contributed by atoms with Crippen molar-refractivity contribution in [2.45, 2.75) is 63.8 Å². The second-order valence-electron chi connectivity index (χ2n) is 8.50. The van der Waals surface area contributed by atoms with Crippen molar-refractivity contribution in [3.8, 4) is 0 Å². The van der Waals surface area contributed by atoms with Gasteiger partial charge in [0.25, 0.3) is 5.91 Å². The Hall–Kier alpha value is -2.48. The summed E-state index contributed by atoms with van der Waals surface area (Å²) in [7, 11) is 0. The molecule has 0 unspecified atom stereocenters. The molecule has 1 saturated heterocycles. The number of imidazole rings is 1. The number of piperidine rings is 1. The second-order valence-corrected chi connectivity index (χ2v) is 8.50. The van der Waals surface area contributed by atoms with Gasteiger partial charge in [-0.2, -0.15) is 0 Å². The second kappa shape index (κ2) is 9.12. The number of aliphatic hydroxyl groups is 1. The first-order valence-electron chi connectivity index (χ1n) is 11.1. The molecule has 30 heavy (non-hydrogen) atoms. The Bertz CT molecular complexity index is 893. The fourth-order valence-electron chi connectivity index (χ4n) is 4.77. The molecule has 0 radical (unpaired) electrons. The van der Waals surface area contributed by atoms with Crippen LogP contribution in [-0.4, -0.2) is 61.9 Å². The number of carbonyl (C=O) groups is 2. The van der Waals surface area contributed by atoms with Crippen LogP contribution in [0.5, 0.6) is 0 Å². The van der Waals surface area contributed by atoms with E-state index in [0.717, 1.165) is 44.5 Å². The van der Waals surface area contributed by atoms with Gasteiger partial charge >= 0.3 is 0 Å². The lowest BCUT2D eigenvalue weighted by molar-refractivity contribution is -0.136. The molecular formula is C22H31N5O3. The molecule has 0 spiro atoms. The summed E-state index contributed by atoms with van der Waals surface area (Å²) < 4.78 is 1.90.